The molecule has 0 bridgehead atoms. The van der Waals surface area contributed by atoms with Crippen LogP contribution in [0.25, 0.3) is 0 Å². The minimum Gasteiger partial charge on any atom is -0.366 e. The zero-order chi connectivity index (χ0) is 13.7. The van der Waals surface area contributed by atoms with Crippen molar-refractivity contribution in [3.8, 4) is 0 Å². The number of nitrogens with zero attached hydrogens (tertiary/aromatic N) is 2. The molecule has 2 heterocycles. The van der Waals surface area contributed by atoms with Crippen LogP contribution in [0.5, 0.6) is 0 Å². The Morgan fingerprint density at radius 2 is 2.37 bits per heavy atom. The van der Waals surface area contributed by atoms with Crippen molar-refractivity contribution in [1.29, 1.82) is 0 Å². The molecule has 3 nitrogen and oxygen atoms in total. The number of hydrogen-bond acceptors (Lipinski definition) is 4. The fourth-order valence-electron chi connectivity index (χ4n) is 2.40. The number of hydrogen-bond donors (Lipinski definition) is 1. The molecule has 1 aromatic rings. The SMILES string of the molecule is CC(C)CNCc1ccncc1N1CCSCC1C. The number of nitrogens with one attached hydrogen (secondary N) is 1. The number of thioether (sulfide) groups is 1. The summed E-state index contributed by atoms with van der Waals surface area (Å²) in [6, 6.07) is 2.75. The van der Waals surface area contributed by atoms with Gasteiger partial charge < -0.3 is 10.2 Å². The summed E-state index contributed by atoms with van der Waals surface area (Å²) >= 11 is 2.05. The molecule has 19 heavy (non-hydrogen) atoms. The second-order valence-electron chi connectivity index (χ2n) is 5.65. The first-order valence-electron chi connectivity index (χ1n) is 7.16. The van der Waals surface area contributed by atoms with Gasteiger partial charge in [0.1, 0.15) is 0 Å². The standard InChI is InChI=1S/C15H25N3S/c1-12(2)8-17-9-14-4-5-16-10-15(14)18-6-7-19-11-13(18)3/h4-5,10,12-13,17H,6-9,11H2,1-3H3. The van der Waals surface area contributed by atoms with E-state index < -0.39 is 0 Å². The minimum atomic E-state index is 0.604. The van der Waals surface area contributed by atoms with E-state index in [0.717, 1.165) is 19.6 Å². The maximum Gasteiger partial charge on any atom is 0.0601 e. The number of rotatable bonds is 5. The molecule has 0 radical (unpaired) electrons. The highest BCUT2D eigenvalue weighted by atomic mass is 32.2. The van der Waals surface area contributed by atoms with Crippen LogP contribution in [0, 0.1) is 5.92 Å². The topological polar surface area (TPSA) is 28.2 Å². The predicted molar refractivity (Wildman–Crippen MR) is 84.9 cm³/mol. The summed E-state index contributed by atoms with van der Waals surface area (Å²) in [6.07, 6.45) is 3.93. The normalized spacial score (nSPS) is 20.0. The molecular formula is C15H25N3S. The van der Waals surface area contributed by atoms with Gasteiger partial charge in [0.2, 0.25) is 0 Å². The average molecular weight is 279 g/mol. The summed E-state index contributed by atoms with van der Waals surface area (Å²) in [6.45, 7) is 9.92. The molecule has 0 amide bonds. The Hall–Kier alpha value is -0.740. The molecular weight excluding hydrogens is 254 g/mol. The Morgan fingerprint density at radius 3 is 3.11 bits per heavy atom. The van der Waals surface area contributed by atoms with Crippen LogP contribution in [0.1, 0.15) is 26.3 Å². The average Bonchev–Trinajstić information content (AvgIpc) is 2.40. The lowest BCUT2D eigenvalue weighted by molar-refractivity contribution is 0.551. The van der Waals surface area contributed by atoms with Crippen molar-refractivity contribution in [3.63, 3.8) is 0 Å². The highest BCUT2D eigenvalue weighted by molar-refractivity contribution is 7.99. The van der Waals surface area contributed by atoms with Gasteiger partial charge >= 0.3 is 0 Å². The zero-order valence-corrected chi connectivity index (χ0v) is 13.0. The van der Waals surface area contributed by atoms with E-state index in [1.54, 1.807) is 0 Å². The van der Waals surface area contributed by atoms with Gasteiger partial charge in [-0.1, -0.05) is 13.8 Å². The lowest BCUT2D eigenvalue weighted by Crippen LogP contribution is -2.41. The monoisotopic (exact) mass is 279 g/mol. The van der Waals surface area contributed by atoms with Crippen molar-refractivity contribution in [2.75, 3.05) is 29.5 Å². The number of pyridine rings is 1. The van der Waals surface area contributed by atoms with Gasteiger partial charge in [-0.25, -0.2) is 0 Å². The first-order chi connectivity index (χ1) is 9.18. The molecule has 106 valence electrons. The molecule has 1 fully saturated rings. The maximum absolute atomic E-state index is 4.32. The predicted octanol–water partition coefficient (Wildman–Crippen LogP) is 2.77. The molecule has 1 aliphatic heterocycles. The van der Waals surface area contributed by atoms with Crippen LogP contribution in [-0.2, 0) is 6.54 Å². The van der Waals surface area contributed by atoms with Gasteiger partial charge in [0.05, 0.1) is 11.9 Å². The number of aromatic nitrogens is 1. The smallest absolute Gasteiger partial charge is 0.0601 e. The third-order valence-corrected chi connectivity index (χ3v) is 4.62. The third kappa shape index (κ3) is 4.11. The van der Waals surface area contributed by atoms with Crippen LogP contribution < -0.4 is 10.2 Å². The molecule has 4 heteroatoms. The van der Waals surface area contributed by atoms with Crippen LogP contribution in [-0.4, -0.2) is 35.6 Å². The number of anilines is 1. The molecule has 0 spiro atoms. The van der Waals surface area contributed by atoms with Crippen molar-refractivity contribution < 1.29 is 0 Å². The lowest BCUT2D eigenvalue weighted by Gasteiger charge is -2.36. The van der Waals surface area contributed by atoms with Crippen molar-refractivity contribution in [2.45, 2.75) is 33.4 Å². The summed E-state index contributed by atoms with van der Waals surface area (Å²) in [5.41, 5.74) is 2.68. The lowest BCUT2D eigenvalue weighted by atomic mass is 10.1. The Labute approximate surface area is 121 Å². The van der Waals surface area contributed by atoms with Crippen molar-refractivity contribution in [3.05, 3.63) is 24.0 Å². The van der Waals surface area contributed by atoms with E-state index in [1.807, 2.05) is 12.4 Å². The van der Waals surface area contributed by atoms with Crippen molar-refractivity contribution in [1.82, 2.24) is 10.3 Å². The second kappa shape index (κ2) is 7.15. The summed E-state index contributed by atoms with van der Waals surface area (Å²) in [4.78, 5) is 6.83. The van der Waals surface area contributed by atoms with E-state index in [4.69, 9.17) is 0 Å². The van der Waals surface area contributed by atoms with Gasteiger partial charge in [0.25, 0.3) is 0 Å². The van der Waals surface area contributed by atoms with E-state index in [0.29, 0.717) is 12.0 Å². The Morgan fingerprint density at radius 1 is 1.53 bits per heavy atom. The van der Waals surface area contributed by atoms with Crippen molar-refractivity contribution >= 4 is 17.4 Å². The molecule has 2 rings (SSSR count). The van der Waals surface area contributed by atoms with Crippen molar-refractivity contribution in [2.24, 2.45) is 5.92 Å². The summed E-state index contributed by atoms with van der Waals surface area (Å²) in [5, 5.41) is 3.54. The molecule has 0 saturated carbocycles. The van der Waals surface area contributed by atoms with E-state index in [1.165, 1.54) is 22.8 Å². The zero-order valence-electron chi connectivity index (χ0n) is 12.2. The Kier molecular flexibility index (Phi) is 5.52. The van der Waals surface area contributed by atoms with Gasteiger partial charge in [-0.15, -0.1) is 0 Å². The minimum absolute atomic E-state index is 0.604. The molecule has 1 atom stereocenters. The van der Waals surface area contributed by atoms with E-state index in [-0.39, 0.29) is 0 Å². The summed E-state index contributed by atoms with van der Waals surface area (Å²) in [7, 11) is 0. The van der Waals surface area contributed by atoms with E-state index >= 15 is 0 Å². The largest absolute Gasteiger partial charge is 0.366 e. The molecule has 1 aliphatic rings. The van der Waals surface area contributed by atoms with E-state index in [2.05, 4.69) is 53.8 Å². The fraction of sp³-hybridized carbons (Fsp3) is 0.667. The molecule has 1 unspecified atom stereocenters. The second-order valence-corrected chi connectivity index (χ2v) is 6.80. The van der Waals surface area contributed by atoms with Gasteiger partial charge in [-0.05, 0) is 31.0 Å². The van der Waals surface area contributed by atoms with Crippen LogP contribution in [0.2, 0.25) is 0 Å². The first kappa shape index (κ1) is 14.7. The Balaban J connectivity index is 2.06. The molecule has 0 aromatic carbocycles. The van der Waals surface area contributed by atoms with Gasteiger partial charge in [-0.3, -0.25) is 4.98 Å². The Bertz CT molecular complexity index is 395. The fourth-order valence-corrected chi connectivity index (χ4v) is 3.42. The summed E-state index contributed by atoms with van der Waals surface area (Å²) < 4.78 is 0. The highest BCUT2D eigenvalue weighted by Crippen LogP contribution is 2.26. The molecule has 1 N–H and O–H groups in total. The maximum atomic E-state index is 4.32. The quantitative estimate of drug-likeness (QED) is 0.897. The highest BCUT2D eigenvalue weighted by Gasteiger charge is 2.21. The first-order valence-corrected chi connectivity index (χ1v) is 8.32. The van der Waals surface area contributed by atoms with Gasteiger partial charge in [-0.2, -0.15) is 11.8 Å². The van der Waals surface area contributed by atoms with Gasteiger partial charge in [0, 0.05) is 36.8 Å². The summed E-state index contributed by atoms with van der Waals surface area (Å²) in [5.74, 6) is 3.13. The van der Waals surface area contributed by atoms with Crippen LogP contribution in [0.15, 0.2) is 18.5 Å². The van der Waals surface area contributed by atoms with Crippen LogP contribution in [0.4, 0.5) is 5.69 Å². The van der Waals surface area contributed by atoms with Crippen LogP contribution >= 0.6 is 11.8 Å². The molecule has 1 saturated heterocycles. The third-order valence-electron chi connectivity index (χ3n) is 3.43. The molecule has 1 aromatic heterocycles. The van der Waals surface area contributed by atoms with E-state index in [9.17, 15) is 0 Å². The van der Waals surface area contributed by atoms with Gasteiger partial charge in [0.15, 0.2) is 0 Å². The molecule has 0 aliphatic carbocycles. The van der Waals surface area contributed by atoms with Crippen LogP contribution in [0.3, 0.4) is 0 Å².